The van der Waals surface area contributed by atoms with E-state index < -0.39 is 18.1 Å². The molecule has 1 atom stereocenters. The van der Waals surface area contributed by atoms with Gasteiger partial charge in [0.1, 0.15) is 0 Å². The van der Waals surface area contributed by atoms with Crippen LogP contribution in [-0.2, 0) is 0 Å². The molecule has 2 saturated heterocycles. The first kappa shape index (κ1) is 17.8. The summed E-state index contributed by atoms with van der Waals surface area (Å²) in [5.41, 5.74) is 0.0135. The van der Waals surface area contributed by atoms with Crippen molar-refractivity contribution in [2.45, 2.75) is 44.6 Å². The van der Waals surface area contributed by atoms with Crippen molar-refractivity contribution >= 4 is 11.7 Å². The number of para-hydroxylation sites is 2. The van der Waals surface area contributed by atoms with E-state index in [-0.39, 0.29) is 5.69 Å². The summed E-state index contributed by atoms with van der Waals surface area (Å²) in [6.45, 7) is 4.44. The Morgan fingerprint density at radius 3 is 2.64 bits per heavy atom. The predicted octanol–water partition coefficient (Wildman–Crippen LogP) is 3.68. The third-order valence-electron chi connectivity index (χ3n) is 4.83. The highest BCUT2D eigenvalue weighted by Crippen LogP contribution is 2.31. The highest BCUT2D eigenvalue weighted by atomic mass is 19.4. The van der Waals surface area contributed by atoms with Gasteiger partial charge in [-0.05, 0) is 38.4 Å². The summed E-state index contributed by atoms with van der Waals surface area (Å²) in [6.07, 6.45) is -1.21. The molecule has 0 spiro atoms. The molecular formula is C17H22F3N3O2. The molecule has 5 nitrogen and oxygen atoms in total. The van der Waals surface area contributed by atoms with Gasteiger partial charge < -0.3 is 15.0 Å². The smallest absolute Gasteiger partial charge is 0.404 e. The van der Waals surface area contributed by atoms with Crippen LogP contribution < -0.4 is 10.1 Å². The van der Waals surface area contributed by atoms with E-state index in [0.29, 0.717) is 25.2 Å². The monoisotopic (exact) mass is 357 g/mol. The van der Waals surface area contributed by atoms with Crippen molar-refractivity contribution in [1.29, 1.82) is 0 Å². The Morgan fingerprint density at radius 1 is 1.24 bits per heavy atom. The number of nitrogens with one attached hydrogen (secondary N) is 1. The molecule has 2 fully saturated rings. The highest BCUT2D eigenvalue weighted by molar-refractivity contribution is 5.91. The van der Waals surface area contributed by atoms with E-state index in [0.717, 1.165) is 6.54 Å². The molecule has 8 heteroatoms. The zero-order valence-electron chi connectivity index (χ0n) is 14.1. The van der Waals surface area contributed by atoms with Crippen LogP contribution in [0.15, 0.2) is 24.3 Å². The van der Waals surface area contributed by atoms with Crippen LogP contribution >= 0.6 is 0 Å². The van der Waals surface area contributed by atoms with Crippen LogP contribution in [0, 0.1) is 0 Å². The lowest BCUT2D eigenvalue weighted by Gasteiger charge is -2.49. The van der Waals surface area contributed by atoms with E-state index in [1.165, 1.54) is 37.5 Å². The van der Waals surface area contributed by atoms with Crippen LogP contribution in [0.3, 0.4) is 0 Å². The van der Waals surface area contributed by atoms with Crippen molar-refractivity contribution in [3.8, 4) is 5.75 Å². The van der Waals surface area contributed by atoms with Crippen molar-refractivity contribution in [2.24, 2.45) is 0 Å². The molecule has 3 rings (SSSR count). The number of hydrogen-bond acceptors (Lipinski definition) is 3. The topological polar surface area (TPSA) is 44.8 Å². The minimum atomic E-state index is -4.80. The maximum absolute atomic E-state index is 12.4. The average Bonchev–Trinajstić information content (AvgIpc) is 2.48. The predicted molar refractivity (Wildman–Crippen MR) is 87.5 cm³/mol. The number of hydrogen-bond donors (Lipinski definition) is 1. The quantitative estimate of drug-likeness (QED) is 0.898. The first-order chi connectivity index (χ1) is 11.8. The number of rotatable bonds is 3. The number of likely N-dealkylation sites (tertiary alicyclic amines) is 2. The van der Waals surface area contributed by atoms with Gasteiger partial charge in [-0.15, -0.1) is 13.2 Å². The average molecular weight is 357 g/mol. The molecule has 25 heavy (non-hydrogen) atoms. The first-order valence-electron chi connectivity index (χ1n) is 8.50. The van der Waals surface area contributed by atoms with Gasteiger partial charge in [-0.3, -0.25) is 4.90 Å². The molecule has 2 amide bonds. The molecule has 2 aliphatic heterocycles. The Bertz CT molecular complexity index is 617. The van der Waals surface area contributed by atoms with Crippen LogP contribution in [-0.4, -0.2) is 53.9 Å². The molecule has 0 aromatic heterocycles. The van der Waals surface area contributed by atoms with Crippen LogP contribution in [0.1, 0.15) is 26.2 Å². The van der Waals surface area contributed by atoms with Gasteiger partial charge in [0, 0.05) is 25.2 Å². The van der Waals surface area contributed by atoms with Crippen molar-refractivity contribution < 1.29 is 22.7 Å². The van der Waals surface area contributed by atoms with E-state index in [4.69, 9.17) is 0 Å². The molecular weight excluding hydrogens is 335 g/mol. The fourth-order valence-electron chi connectivity index (χ4n) is 3.47. The van der Waals surface area contributed by atoms with E-state index >= 15 is 0 Å². The molecule has 1 N–H and O–H groups in total. The van der Waals surface area contributed by atoms with Gasteiger partial charge in [0.05, 0.1) is 5.69 Å². The summed E-state index contributed by atoms with van der Waals surface area (Å²) < 4.78 is 41.3. The maximum Gasteiger partial charge on any atom is 0.573 e. The van der Waals surface area contributed by atoms with Gasteiger partial charge >= 0.3 is 12.4 Å². The maximum atomic E-state index is 12.4. The number of halogens is 3. The van der Waals surface area contributed by atoms with Crippen LogP contribution in [0.5, 0.6) is 5.75 Å². The number of urea groups is 1. The lowest BCUT2D eigenvalue weighted by atomic mass is 9.98. The highest BCUT2D eigenvalue weighted by Gasteiger charge is 2.38. The van der Waals surface area contributed by atoms with Crippen molar-refractivity contribution in [2.75, 3.05) is 25.0 Å². The molecule has 1 aromatic rings. The second kappa shape index (κ2) is 7.11. The number of alkyl halides is 3. The lowest BCUT2D eigenvalue weighted by molar-refractivity contribution is -0.274. The summed E-state index contributed by atoms with van der Waals surface area (Å²) in [5, 5.41) is 2.51. The van der Waals surface area contributed by atoms with Gasteiger partial charge in [-0.1, -0.05) is 18.6 Å². The van der Waals surface area contributed by atoms with Crippen LogP contribution in [0.25, 0.3) is 0 Å². The van der Waals surface area contributed by atoms with Gasteiger partial charge in [0.25, 0.3) is 0 Å². The molecule has 0 radical (unpaired) electrons. The Balaban J connectivity index is 1.56. The Kier molecular flexibility index (Phi) is 5.08. The summed E-state index contributed by atoms with van der Waals surface area (Å²) in [4.78, 5) is 16.3. The number of nitrogens with zero attached hydrogens (tertiary/aromatic N) is 2. The zero-order valence-corrected chi connectivity index (χ0v) is 14.1. The first-order valence-corrected chi connectivity index (χ1v) is 8.50. The summed E-state index contributed by atoms with van der Waals surface area (Å²) in [5.74, 6) is -0.412. The minimum Gasteiger partial charge on any atom is -0.404 e. The number of carbonyl (C=O) groups excluding carboxylic acids is 1. The Morgan fingerprint density at radius 2 is 1.96 bits per heavy atom. The lowest BCUT2D eigenvalue weighted by Crippen LogP contribution is -2.64. The van der Waals surface area contributed by atoms with Crippen molar-refractivity contribution in [3.05, 3.63) is 24.3 Å². The SMILES string of the molecule is CC1CCCCN1C1CN(C(=O)Nc2ccccc2OC(F)(F)F)C1. The molecule has 138 valence electrons. The van der Waals surface area contributed by atoms with Crippen molar-refractivity contribution in [3.63, 3.8) is 0 Å². The summed E-state index contributed by atoms with van der Waals surface area (Å²) in [7, 11) is 0. The third kappa shape index (κ3) is 4.36. The number of ether oxygens (including phenoxy) is 1. The third-order valence-corrected chi connectivity index (χ3v) is 4.83. The fraction of sp³-hybridized carbons (Fsp3) is 0.588. The van der Waals surface area contributed by atoms with Gasteiger partial charge in [0.15, 0.2) is 5.75 Å². The van der Waals surface area contributed by atoms with Gasteiger partial charge in [-0.25, -0.2) is 4.79 Å². The van der Waals surface area contributed by atoms with E-state index in [1.54, 1.807) is 11.0 Å². The molecule has 0 aliphatic carbocycles. The van der Waals surface area contributed by atoms with E-state index in [9.17, 15) is 18.0 Å². The number of amides is 2. The number of piperidine rings is 1. The molecule has 2 heterocycles. The van der Waals surface area contributed by atoms with Crippen LogP contribution in [0.2, 0.25) is 0 Å². The van der Waals surface area contributed by atoms with Gasteiger partial charge in [-0.2, -0.15) is 0 Å². The fourth-order valence-corrected chi connectivity index (χ4v) is 3.47. The van der Waals surface area contributed by atoms with Crippen LogP contribution in [0.4, 0.5) is 23.7 Å². The standard InChI is InChI=1S/C17H22F3N3O2/c1-12-6-4-5-9-23(12)13-10-22(11-13)16(24)21-14-7-2-3-8-15(14)25-17(18,19)20/h2-3,7-8,12-13H,4-6,9-11H2,1H3,(H,21,24). The number of benzene rings is 1. The zero-order chi connectivity index (χ0) is 18.0. The second-order valence-corrected chi connectivity index (χ2v) is 6.62. The largest absolute Gasteiger partial charge is 0.573 e. The minimum absolute atomic E-state index is 0.0135. The number of anilines is 1. The Hall–Kier alpha value is -1.96. The number of carbonyl (C=O) groups is 1. The van der Waals surface area contributed by atoms with Crippen molar-refractivity contribution in [1.82, 2.24) is 9.80 Å². The Labute approximate surface area is 144 Å². The molecule has 2 aliphatic rings. The summed E-state index contributed by atoms with van der Waals surface area (Å²) >= 11 is 0. The molecule has 0 saturated carbocycles. The molecule has 0 bridgehead atoms. The van der Waals surface area contributed by atoms with E-state index in [2.05, 4.69) is 21.9 Å². The molecule has 1 aromatic carbocycles. The van der Waals surface area contributed by atoms with E-state index in [1.807, 2.05) is 0 Å². The summed E-state index contributed by atoms with van der Waals surface area (Å²) in [6, 6.07) is 5.99. The second-order valence-electron chi connectivity index (χ2n) is 6.62. The van der Waals surface area contributed by atoms with Gasteiger partial charge in [0.2, 0.25) is 0 Å². The normalized spacial score (nSPS) is 22.4. The molecule has 1 unspecified atom stereocenters.